The first-order chi connectivity index (χ1) is 6.94. The Kier molecular flexibility index (Phi) is 3.01. The molecule has 7 heteroatoms. The molecule has 15 heavy (non-hydrogen) atoms. The third-order valence-corrected chi connectivity index (χ3v) is 1.72. The van der Waals surface area contributed by atoms with Crippen molar-refractivity contribution in [2.24, 2.45) is 4.99 Å². The number of carbonyl (C=O) groups excluding carboxylic acids is 1. The van der Waals surface area contributed by atoms with Gasteiger partial charge in [0.15, 0.2) is 0 Å². The molecule has 1 rings (SSSR count). The van der Waals surface area contributed by atoms with Gasteiger partial charge in [-0.1, -0.05) is 0 Å². The summed E-state index contributed by atoms with van der Waals surface area (Å²) in [4.78, 5) is 14.3. The summed E-state index contributed by atoms with van der Waals surface area (Å²) in [5.41, 5.74) is -3.00. The fraction of sp³-hybridized carbons (Fsp3) is 0.500. The number of halogens is 3. The second-order valence-corrected chi connectivity index (χ2v) is 2.71. The van der Waals surface area contributed by atoms with Crippen LogP contribution in [0.3, 0.4) is 0 Å². The minimum absolute atomic E-state index is 0.141. The Bertz CT molecular complexity index is 311. The van der Waals surface area contributed by atoms with Crippen molar-refractivity contribution >= 4 is 12.2 Å². The highest BCUT2D eigenvalue weighted by Crippen LogP contribution is 2.33. The van der Waals surface area contributed by atoms with Crippen molar-refractivity contribution in [3.63, 3.8) is 0 Å². The van der Waals surface area contributed by atoms with E-state index in [1.807, 2.05) is 5.32 Å². The number of hydrogen-bond acceptors (Lipinski definition) is 4. The third-order valence-electron chi connectivity index (χ3n) is 1.72. The molecule has 1 aliphatic rings. The second kappa shape index (κ2) is 3.92. The largest absolute Gasteiger partial charge is 0.463 e. The number of nitrogens with one attached hydrogen (secondary N) is 1. The summed E-state index contributed by atoms with van der Waals surface area (Å²) in [6.45, 7) is 1.28. The molecule has 0 saturated carbocycles. The van der Waals surface area contributed by atoms with Crippen LogP contribution in [-0.4, -0.2) is 30.6 Å². The number of rotatable bonds is 2. The van der Waals surface area contributed by atoms with Crippen molar-refractivity contribution in [3.8, 4) is 0 Å². The van der Waals surface area contributed by atoms with Gasteiger partial charge in [-0.3, -0.25) is 0 Å². The highest BCUT2D eigenvalue weighted by atomic mass is 19.4. The molecule has 0 spiro atoms. The van der Waals surface area contributed by atoms with Gasteiger partial charge in [0.2, 0.25) is 0 Å². The zero-order chi connectivity index (χ0) is 11.5. The molecule has 0 fully saturated rings. The molecule has 0 aromatic heterocycles. The van der Waals surface area contributed by atoms with Crippen LogP contribution >= 0.6 is 0 Å². The SMILES string of the molecule is CCOC(=O)C1(C(F)(F)F)N=CC=CN1. The first-order valence-corrected chi connectivity index (χ1v) is 4.16. The Hall–Kier alpha value is -1.53. The lowest BCUT2D eigenvalue weighted by Gasteiger charge is -2.30. The van der Waals surface area contributed by atoms with Crippen molar-refractivity contribution < 1.29 is 22.7 Å². The molecule has 0 amide bonds. The number of allylic oxidation sites excluding steroid dienone is 1. The first kappa shape index (κ1) is 11.5. The van der Waals surface area contributed by atoms with Crippen LogP contribution in [0.1, 0.15) is 6.92 Å². The fourth-order valence-corrected chi connectivity index (χ4v) is 1.02. The maximum Gasteiger partial charge on any atom is 0.443 e. The Morgan fingerprint density at radius 3 is 2.67 bits per heavy atom. The molecule has 84 valence electrons. The molecule has 4 nitrogen and oxygen atoms in total. The van der Waals surface area contributed by atoms with E-state index in [4.69, 9.17) is 0 Å². The number of alkyl halides is 3. The predicted octanol–water partition coefficient (Wildman–Crippen LogP) is 0.996. The van der Waals surface area contributed by atoms with E-state index >= 15 is 0 Å². The topological polar surface area (TPSA) is 50.7 Å². The van der Waals surface area contributed by atoms with E-state index in [1.54, 1.807) is 0 Å². The molecule has 0 bridgehead atoms. The number of nitrogens with zero attached hydrogens (tertiary/aromatic N) is 1. The van der Waals surface area contributed by atoms with E-state index in [1.165, 1.54) is 13.0 Å². The van der Waals surface area contributed by atoms with Crippen molar-refractivity contribution in [2.75, 3.05) is 6.61 Å². The minimum Gasteiger partial charge on any atom is -0.463 e. The molecule has 0 aromatic rings. The van der Waals surface area contributed by atoms with Gasteiger partial charge < -0.3 is 10.1 Å². The number of hydrogen-bond donors (Lipinski definition) is 1. The molecule has 0 saturated heterocycles. The van der Waals surface area contributed by atoms with E-state index < -0.39 is 17.8 Å². The molecule has 1 unspecified atom stereocenters. The average Bonchev–Trinajstić information content (AvgIpc) is 2.17. The van der Waals surface area contributed by atoms with Crippen LogP contribution in [0.5, 0.6) is 0 Å². The van der Waals surface area contributed by atoms with Crippen LogP contribution in [0.4, 0.5) is 13.2 Å². The van der Waals surface area contributed by atoms with Gasteiger partial charge in [0.1, 0.15) is 0 Å². The number of carbonyl (C=O) groups is 1. The van der Waals surface area contributed by atoms with Gasteiger partial charge in [-0.25, -0.2) is 9.79 Å². The quantitative estimate of drug-likeness (QED) is 0.709. The summed E-state index contributed by atoms with van der Waals surface area (Å²) in [7, 11) is 0. The molecule has 1 heterocycles. The van der Waals surface area contributed by atoms with E-state index in [0.717, 1.165) is 12.4 Å². The molecule has 0 aliphatic carbocycles. The van der Waals surface area contributed by atoms with E-state index in [2.05, 4.69) is 9.73 Å². The van der Waals surface area contributed by atoms with Crippen molar-refractivity contribution in [1.29, 1.82) is 0 Å². The Morgan fingerprint density at radius 2 is 2.27 bits per heavy atom. The van der Waals surface area contributed by atoms with Gasteiger partial charge in [0.25, 0.3) is 0 Å². The van der Waals surface area contributed by atoms with Crippen LogP contribution in [0.25, 0.3) is 0 Å². The van der Waals surface area contributed by atoms with Crippen LogP contribution in [-0.2, 0) is 9.53 Å². The molecule has 1 N–H and O–H groups in total. The summed E-state index contributed by atoms with van der Waals surface area (Å²) in [6.07, 6.45) is -1.69. The molecule has 0 radical (unpaired) electrons. The molecule has 0 aromatic carbocycles. The van der Waals surface area contributed by atoms with E-state index in [0.29, 0.717) is 0 Å². The summed E-state index contributed by atoms with van der Waals surface area (Å²) in [6, 6.07) is 0. The van der Waals surface area contributed by atoms with E-state index in [9.17, 15) is 18.0 Å². The second-order valence-electron chi connectivity index (χ2n) is 2.71. The number of ether oxygens (including phenoxy) is 1. The maximum atomic E-state index is 12.7. The number of aliphatic imine (C=N–C) groups is 1. The van der Waals surface area contributed by atoms with Crippen molar-refractivity contribution in [1.82, 2.24) is 5.32 Å². The lowest BCUT2D eigenvalue weighted by molar-refractivity contribution is -0.209. The van der Waals surface area contributed by atoms with E-state index in [-0.39, 0.29) is 6.61 Å². The summed E-state index contributed by atoms with van der Waals surface area (Å²) in [5, 5.41) is 1.88. The Balaban J connectivity index is 3.03. The molecular weight excluding hydrogens is 213 g/mol. The van der Waals surface area contributed by atoms with Gasteiger partial charge in [0, 0.05) is 12.4 Å². The van der Waals surface area contributed by atoms with Crippen molar-refractivity contribution in [2.45, 2.75) is 18.8 Å². The Morgan fingerprint density at radius 1 is 1.60 bits per heavy atom. The van der Waals surface area contributed by atoms with Gasteiger partial charge >= 0.3 is 17.8 Å². The van der Waals surface area contributed by atoms with Gasteiger partial charge in [-0.15, -0.1) is 0 Å². The summed E-state index contributed by atoms with van der Waals surface area (Å²) >= 11 is 0. The predicted molar refractivity (Wildman–Crippen MR) is 46.2 cm³/mol. The standard InChI is InChI=1S/C8H9F3N2O2/c1-2-15-6(14)7(8(9,10)11)12-4-3-5-13-7/h3-5,12H,2H2,1H3. The first-order valence-electron chi connectivity index (χ1n) is 4.16. The molecule has 1 aliphatic heterocycles. The van der Waals surface area contributed by atoms with Crippen molar-refractivity contribution in [3.05, 3.63) is 12.3 Å². The molecule has 1 atom stereocenters. The smallest absolute Gasteiger partial charge is 0.443 e. The van der Waals surface area contributed by atoms with Gasteiger partial charge in [-0.2, -0.15) is 13.2 Å². The minimum atomic E-state index is -4.85. The van der Waals surface area contributed by atoms with Crippen LogP contribution < -0.4 is 5.32 Å². The lowest BCUT2D eigenvalue weighted by atomic mass is 10.1. The zero-order valence-electron chi connectivity index (χ0n) is 7.84. The van der Waals surface area contributed by atoms with Gasteiger partial charge in [-0.05, 0) is 13.0 Å². The highest BCUT2D eigenvalue weighted by Gasteiger charge is 2.62. The van der Waals surface area contributed by atoms with Gasteiger partial charge in [0.05, 0.1) is 6.61 Å². The zero-order valence-corrected chi connectivity index (χ0v) is 7.84. The number of esters is 1. The van der Waals surface area contributed by atoms with Crippen LogP contribution in [0.15, 0.2) is 17.3 Å². The normalized spacial score (nSPS) is 24.8. The lowest BCUT2D eigenvalue weighted by Crippen LogP contribution is -2.60. The third kappa shape index (κ3) is 1.95. The Labute approximate surface area is 83.8 Å². The maximum absolute atomic E-state index is 12.7. The highest BCUT2D eigenvalue weighted by molar-refractivity contribution is 5.86. The summed E-state index contributed by atoms with van der Waals surface area (Å²) in [5.74, 6) is -1.46. The monoisotopic (exact) mass is 222 g/mol. The van der Waals surface area contributed by atoms with Crippen LogP contribution in [0.2, 0.25) is 0 Å². The summed E-state index contributed by atoms with van der Waals surface area (Å²) < 4.78 is 42.3. The molecular formula is C8H9F3N2O2. The fourth-order valence-electron chi connectivity index (χ4n) is 1.02. The average molecular weight is 222 g/mol. The van der Waals surface area contributed by atoms with Crippen LogP contribution in [0, 0.1) is 0 Å².